The van der Waals surface area contributed by atoms with E-state index in [0.717, 1.165) is 0 Å². The summed E-state index contributed by atoms with van der Waals surface area (Å²) in [6.07, 6.45) is -3.17. The Labute approximate surface area is 74.6 Å². The molecule has 4 atom stereocenters. The molecule has 13 heavy (non-hydrogen) atoms. The number of hydrogen-bond donors (Lipinski definition) is 1. The summed E-state index contributed by atoms with van der Waals surface area (Å²) in [5, 5.41) is 11.6. The molecule has 1 saturated heterocycles. The van der Waals surface area contributed by atoms with Crippen molar-refractivity contribution in [1.29, 1.82) is 0 Å². The lowest BCUT2D eigenvalue weighted by Crippen LogP contribution is -2.32. The molecule has 1 N–H and O–H groups in total. The van der Waals surface area contributed by atoms with Gasteiger partial charge in [0, 0.05) is 4.91 Å². The van der Waals surface area contributed by atoms with Crippen molar-refractivity contribution in [2.45, 2.75) is 24.4 Å². The van der Waals surface area contributed by atoms with Crippen LogP contribution < -0.4 is 0 Å². The Morgan fingerprint density at radius 1 is 1.77 bits per heavy atom. The van der Waals surface area contributed by atoms with Crippen molar-refractivity contribution in [1.82, 2.24) is 0 Å². The molecule has 6 nitrogen and oxygen atoms in total. The molecule has 0 saturated carbocycles. The molecule has 0 bridgehead atoms. The molecule has 8 heteroatoms. The monoisotopic (exact) mass is 189 g/mol. The molecule has 1 fully saturated rings. The molecule has 1 rings (SSSR count). The summed E-state index contributed by atoms with van der Waals surface area (Å²) in [7, 11) is 1.52. The van der Waals surface area contributed by atoms with Gasteiger partial charge in [0.05, 0.1) is 12.6 Å². The summed E-state index contributed by atoms with van der Waals surface area (Å²) in [6, 6.07) is -0.656. The average Bonchev–Trinajstić information content (AvgIpc) is 2.40. The normalized spacial score (nSPS) is 38.3. The zero-order chi connectivity index (χ0) is 9.84. The van der Waals surface area contributed by atoms with Crippen LogP contribution in [0.25, 0.3) is 10.4 Å². The first-order valence-corrected chi connectivity index (χ1v) is 3.81. The second kappa shape index (κ2) is 4.31. The number of halogens is 1. The maximum Gasteiger partial charge on any atom is 0.169 e. The summed E-state index contributed by atoms with van der Waals surface area (Å²) >= 11 is 0. The highest BCUT2D eigenvalue weighted by Gasteiger charge is 2.43. The first kappa shape index (κ1) is 10.1. The Bertz CT molecular complexity index is 225. The van der Waals surface area contributed by atoms with E-state index >= 15 is 0 Å². The summed E-state index contributed by atoms with van der Waals surface area (Å²) in [6.45, 7) is -0.365. The quantitative estimate of drug-likeness (QED) is 0.209. The SMILES string of the molecule is B[C@@H]1O[C@H](CO)C(ON=[N+]=[N-])[C@@H]1F. The predicted octanol–water partition coefficient (Wildman–Crippen LogP) is -0.715. The van der Waals surface area contributed by atoms with E-state index < -0.39 is 24.4 Å². The predicted molar refractivity (Wildman–Crippen MR) is 43.2 cm³/mol. The van der Waals surface area contributed by atoms with Crippen molar-refractivity contribution >= 4 is 7.85 Å². The van der Waals surface area contributed by atoms with Crippen molar-refractivity contribution in [3.8, 4) is 0 Å². The average molecular weight is 189 g/mol. The van der Waals surface area contributed by atoms with Gasteiger partial charge in [0.15, 0.2) is 12.3 Å². The van der Waals surface area contributed by atoms with E-state index in [4.69, 9.17) is 15.4 Å². The second-order valence-corrected chi connectivity index (χ2v) is 2.75. The van der Waals surface area contributed by atoms with Crippen LogP contribution in [0.5, 0.6) is 0 Å². The molecule has 0 aromatic rings. The van der Waals surface area contributed by atoms with E-state index in [-0.39, 0.29) is 6.61 Å². The van der Waals surface area contributed by atoms with Gasteiger partial charge in [0.2, 0.25) is 0 Å². The van der Waals surface area contributed by atoms with Crippen molar-refractivity contribution < 1.29 is 19.1 Å². The summed E-state index contributed by atoms with van der Waals surface area (Å²) in [4.78, 5) is 6.81. The van der Waals surface area contributed by atoms with Gasteiger partial charge in [-0.25, -0.2) is 4.39 Å². The van der Waals surface area contributed by atoms with Crippen LogP contribution in [0.2, 0.25) is 0 Å². The maximum atomic E-state index is 13.2. The minimum absolute atomic E-state index is 0.365. The molecule has 0 aliphatic carbocycles. The van der Waals surface area contributed by atoms with Crippen LogP contribution in [0.4, 0.5) is 4.39 Å². The number of rotatable bonds is 3. The lowest BCUT2D eigenvalue weighted by molar-refractivity contribution is -0.0448. The standard InChI is InChI=1S/C5H9BFN3O3/c6-5-3(7)4(13-10-9-8)2(1-11)12-5/h2-5,11H,1,6H2/t2-,3+,4?,5-/m1/s1. The Balaban J connectivity index is 2.61. The first-order valence-electron chi connectivity index (χ1n) is 3.81. The molecule has 1 heterocycles. The molecule has 1 aliphatic heterocycles. The van der Waals surface area contributed by atoms with Crippen LogP contribution in [0.1, 0.15) is 0 Å². The topological polar surface area (TPSA) is 87.5 Å². The Morgan fingerprint density at radius 2 is 2.46 bits per heavy atom. The third-order valence-electron chi connectivity index (χ3n) is 1.90. The van der Waals surface area contributed by atoms with E-state index in [0.29, 0.717) is 0 Å². The summed E-state index contributed by atoms with van der Waals surface area (Å²) < 4.78 is 18.2. The number of hydrogen-bond acceptors (Lipinski definition) is 4. The largest absolute Gasteiger partial charge is 0.424 e. The first-order chi connectivity index (χ1) is 6.20. The number of azide groups is 1. The molecule has 0 aromatic heterocycles. The van der Waals surface area contributed by atoms with E-state index in [2.05, 4.69) is 15.0 Å². The highest BCUT2D eigenvalue weighted by atomic mass is 19.1. The number of alkyl halides is 1. The van der Waals surface area contributed by atoms with Gasteiger partial charge in [-0.2, -0.15) is 0 Å². The van der Waals surface area contributed by atoms with Gasteiger partial charge in [-0.05, 0) is 5.53 Å². The summed E-state index contributed by atoms with van der Waals surface area (Å²) in [5.74, 6) is 0. The van der Waals surface area contributed by atoms with Gasteiger partial charge in [0.1, 0.15) is 19.2 Å². The van der Waals surface area contributed by atoms with Gasteiger partial charge in [-0.15, -0.1) is 0 Å². The van der Waals surface area contributed by atoms with Gasteiger partial charge >= 0.3 is 0 Å². The van der Waals surface area contributed by atoms with E-state index in [9.17, 15) is 4.39 Å². The molecule has 1 aliphatic rings. The molecule has 0 radical (unpaired) electrons. The van der Waals surface area contributed by atoms with Crippen LogP contribution in [0, 0.1) is 0 Å². The zero-order valence-electron chi connectivity index (χ0n) is 7.00. The Kier molecular flexibility index (Phi) is 3.35. The van der Waals surface area contributed by atoms with Gasteiger partial charge in [-0.3, -0.25) is 0 Å². The molecule has 1 unspecified atom stereocenters. The molecular weight excluding hydrogens is 180 g/mol. The number of ether oxygens (including phenoxy) is 1. The minimum atomic E-state index is -1.39. The van der Waals surface area contributed by atoms with Crippen molar-refractivity contribution in [3.05, 3.63) is 10.4 Å². The second-order valence-electron chi connectivity index (χ2n) is 2.75. The lowest BCUT2D eigenvalue weighted by atomic mass is 9.94. The third kappa shape index (κ3) is 2.03. The van der Waals surface area contributed by atoms with Crippen LogP contribution in [0.15, 0.2) is 5.28 Å². The third-order valence-corrected chi connectivity index (χ3v) is 1.90. The van der Waals surface area contributed by atoms with Crippen molar-refractivity contribution in [2.24, 2.45) is 5.28 Å². The van der Waals surface area contributed by atoms with Gasteiger partial charge in [0.25, 0.3) is 0 Å². The fourth-order valence-electron chi connectivity index (χ4n) is 1.25. The van der Waals surface area contributed by atoms with Crippen LogP contribution in [-0.2, 0) is 9.57 Å². The molecular formula is C5H9BFN3O3. The lowest BCUT2D eigenvalue weighted by Gasteiger charge is -2.14. The Morgan fingerprint density at radius 3 is 3.00 bits per heavy atom. The van der Waals surface area contributed by atoms with Crippen molar-refractivity contribution in [2.75, 3.05) is 6.61 Å². The minimum Gasteiger partial charge on any atom is -0.424 e. The zero-order valence-corrected chi connectivity index (χ0v) is 7.00. The summed E-state index contributed by atoms with van der Waals surface area (Å²) in [5.41, 5.74) is 7.95. The van der Waals surface area contributed by atoms with Crippen molar-refractivity contribution in [3.63, 3.8) is 0 Å². The van der Waals surface area contributed by atoms with E-state index in [1.54, 1.807) is 0 Å². The highest BCUT2D eigenvalue weighted by Crippen LogP contribution is 2.24. The molecule has 0 amide bonds. The Hall–Kier alpha value is -0.975. The van der Waals surface area contributed by atoms with Crippen LogP contribution >= 0.6 is 0 Å². The van der Waals surface area contributed by atoms with E-state index in [1.165, 1.54) is 7.85 Å². The maximum absolute atomic E-state index is 13.2. The van der Waals surface area contributed by atoms with Crippen LogP contribution in [0.3, 0.4) is 0 Å². The number of nitrogens with zero attached hydrogens (tertiary/aromatic N) is 3. The number of aliphatic hydroxyl groups is 1. The fourth-order valence-corrected chi connectivity index (χ4v) is 1.25. The number of aliphatic hydroxyl groups excluding tert-OH is 1. The van der Waals surface area contributed by atoms with Gasteiger partial charge in [-0.1, -0.05) is 0 Å². The van der Waals surface area contributed by atoms with Gasteiger partial charge < -0.3 is 14.7 Å². The molecule has 72 valence electrons. The molecule has 0 aromatic carbocycles. The fraction of sp³-hybridized carbons (Fsp3) is 1.00. The van der Waals surface area contributed by atoms with E-state index in [1.807, 2.05) is 0 Å². The highest BCUT2D eigenvalue weighted by molar-refractivity contribution is 6.11. The van der Waals surface area contributed by atoms with Crippen LogP contribution in [-0.4, -0.2) is 43.9 Å². The smallest absolute Gasteiger partial charge is 0.169 e. The molecule has 0 spiro atoms.